The van der Waals surface area contributed by atoms with Gasteiger partial charge in [-0.2, -0.15) is 0 Å². The molecule has 1 saturated carbocycles. The molecular weight excluding hydrogens is 395 g/mol. The number of hydrogen-bond donors (Lipinski definition) is 0. The van der Waals surface area contributed by atoms with Crippen LogP contribution in [-0.4, -0.2) is 28.9 Å². The van der Waals surface area contributed by atoms with Crippen LogP contribution in [-0.2, 0) is 6.42 Å². The summed E-state index contributed by atoms with van der Waals surface area (Å²) in [6.45, 7) is 7.33. The number of nitrogens with zero attached hydrogens (tertiary/aromatic N) is 2. The zero-order valence-electron chi connectivity index (χ0n) is 17.7. The van der Waals surface area contributed by atoms with Crippen LogP contribution in [0, 0.1) is 32.5 Å². The van der Waals surface area contributed by atoms with E-state index in [0.29, 0.717) is 30.1 Å². The van der Waals surface area contributed by atoms with Crippen molar-refractivity contribution in [3.63, 3.8) is 0 Å². The topological polar surface area (TPSA) is 33.2 Å². The molecule has 0 spiro atoms. The van der Waals surface area contributed by atoms with Crippen LogP contribution in [0.1, 0.15) is 45.0 Å². The molecule has 156 valence electrons. The van der Waals surface area contributed by atoms with Gasteiger partial charge in [0.2, 0.25) is 0 Å². The average molecular weight is 423 g/mol. The number of halogens is 1. The minimum absolute atomic E-state index is 0.0455. The van der Waals surface area contributed by atoms with E-state index in [0.717, 1.165) is 34.8 Å². The predicted octanol–water partition coefficient (Wildman–Crippen LogP) is 5.97. The smallest absolute Gasteiger partial charge is 0.274 e. The van der Waals surface area contributed by atoms with Crippen molar-refractivity contribution < 1.29 is 9.18 Å². The standard InChI is InChI=1S/C25H27FN2OS/c1-16-8-11-21(14-17(16)2)24-23(27-18(3)30-24)25(29)28(15-19-9-10-19)13-12-20-6-4-5-7-22(20)26/h4-8,11,14,19H,9-10,12-13,15H2,1-3H3. The van der Waals surface area contributed by atoms with Gasteiger partial charge in [-0.1, -0.05) is 36.4 Å². The van der Waals surface area contributed by atoms with Crippen LogP contribution >= 0.6 is 11.3 Å². The first-order chi connectivity index (χ1) is 14.4. The van der Waals surface area contributed by atoms with Gasteiger partial charge in [0.05, 0.1) is 9.88 Å². The lowest BCUT2D eigenvalue weighted by atomic mass is 10.0. The maximum Gasteiger partial charge on any atom is 0.274 e. The van der Waals surface area contributed by atoms with Gasteiger partial charge >= 0.3 is 0 Å². The van der Waals surface area contributed by atoms with Crippen molar-refractivity contribution in [1.82, 2.24) is 9.88 Å². The third-order valence-corrected chi connectivity index (χ3v) is 6.80. The SMILES string of the molecule is Cc1nc(C(=O)N(CCc2ccccc2F)CC2CC2)c(-c2ccc(C)c(C)c2)s1. The second-order valence-corrected chi connectivity index (χ2v) is 9.45. The van der Waals surface area contributed by atoms with Crippen LogP contribution in [0.4, 0.5) is 4.39 Å². The van der Waals surface area contributed by atoms with Gasteiger partial charge in [0, 0.05) is 13.1 Å². The Kier molecular flexibility index (Phi) is 6.00. The zero-order valence-corrected chi connectivity index (χ0v) is 18.6. The van der Waals surface area contributed by atoms with Crippen molar-refractivity contribution in [2.45, 2.75) is 40.0 Å². The van der Waals surface area contributed by atoms with Gasteiger partial charge in [0.25, 0.3) is 5.91 Å². The van der Waals surface area contributed by atoms with Crippen molar-refractivity contribution >= 4 is 17.2 Å². The molecule has 1 aliphatic rings. The van der Waals surface area contributed by atoms with E-state index in [1.54, 1.807) is 23.5 Å². The summed E-state index contributed by atoms with van der Waals surface area (Å²) in [5.41, 5.74) is 4.64. The number of aromatic nitrogens is 1. The molecule has 1 aromatic heterocycles. The lowest BCUT2D eigenvalue weighted by molar-refractivity contribution is 0.0744. The Morgan fingerprint density at radius 1 is 1.13 bits per heavy atom. The fraction of sp³-hybridized carbons (Fsp3) is 0.360. The molecule has 1 aliphatic carbocycles. The van der Waals surface area contributed by atoms with E-state index in [2.05, 4.69) is 37.0 Å². The average Bonchev–Trinajstić information content (AvgIpc) is 3.46. The molecule has 1 fully saturated rings. The molecule has 5 heteroatoms. The molecular formula is C25H27FN2OS. The number of benzene rings is 2. The van der Waals surface area contributed by atoms with E-state index in [-0.39, 0.29) is 11.7 Å². The fourth-order valence-electron chi connectivity index (χ4n) is 3.64. The van der Waals surface area contributed by atoms with Crippen molar-refractivity contribution in [3.05, 3.63) is 75.7 Å². The second-order valence-electron chi connectivity index (χ2n) is 8.25. The van der Waals surface area contributed by atoms with Gasteiger partial charge in [0.1, 0.15) is 11.5 Å². The first-order valence-corrected chi connectivity index (χ1v) is 11.3. The molecule has 0 aliphatic heterocycles. The second kappa shape index (κ2) is 8.68. The quantitative estimate of drug-likeness (QED) is 0.470. The van der Waals surface area contributed by atoms with Crippen LogP contribution in [0.25, 0.3) is 10.4 Å². The Morgan fingerprint density at radius 3 is 2.60 bits per heavy atom. The molecule has 1 heterocycles. The maximum atomic E-state index is 14.1. The van der Waals surface area contributed by atoms with Crippen molar-refractivity contribution in [1.29, 1.82) is 0 Å². The number of aryl methyl sites for hydroxylation is 3. The molecule has 4 rings (SSSR count). The highest BCUT2D eigenvalue weighted by Crippen LogP contribution is 2.34. The van der Waals surface area contributed by atoms with E-state index in [4.69, 9.17) is 0 Å². The van der Waals surface area contributed by atoms with Gasteiger partial charge < -0.3 is 4.90 Å². The van der Waals surface area contributed by atoms with Crippen molar-refractivity contribution in [2.75, 3.05) is 13.1 Å². The molecule has 0 saturated heterocycles. The molecule has 2 aromatic carbocycles. The monoisotopic (exact) mass is 422 g/mol. The van der Waals surface area contributed by atoms with Crippen molar-refractivity contribution in [2.24, 2.45) is 5.92 Å². The number of amides is 1. The number of hydrogen-bond acceptors (Lipinski definition) is 3. The van der Waals surface area contributed by atoms with Crippen LogP contribution < -0.4 is 0 Å². The van der Waals surface area contributed by atoms with E-state index in [9.17, 15) is 9.18 Å². The van der Waals surface area contributed by atoms with Crippen LogP contribution in [0.15, 0.2) is 42.5 Å². The lowest BCUT2D eigenvalue weighted by Gasteiger charge is -2.22. The van der Waals surface area contributed by atoms with Gasteiger partial charge in [-0.3, -0.25) is 4.79 Å². The van der Waals surface area contributed by atoms with Gasteiger partial charge in [-0.15, -0.1) is 11.3 Å². The third kappa shape index (κ3) is 4.62. The van der Waals surface area contributed by atoms with E-state index < -0.39 is 0 Å². The largest absolute Gasteiger partial charge is 0.337 e. The minimum atomic E-state index is -0.211. The molecule has 0 N–H and O–H groups in total. The van der Waals surface area contributed by atoms with Crippen LogP contribution in [0.2, 0.25) is 0 Å². The zero-order chi connectivity index (χ0) is 21.3. The van der Waals surface area contributed by atoms with Crippen LogP contribution in [0.3, 0.4) is 0 Å². The van der Waals surface area contributed by atoms with E-state index in [1.165, 1.54) is 17.2 Å². The highest BCUT2D eigenvalue weighted by molar-refractivity contribution is 7.15. The maximum absolute atomic E-state index is 14.1. The Morgan fingerprint density at radius 2 is 1.90 bits per heavy atom. The van der Waals surface area contributed by atoms with Gasteiger partial charge in [0.15, 0.2) is 0 Å². The third-order valence-electron chi connectivity index (χ3n) is 5.78. The summed E-state index contributed by atoms with van der Waals surface area (Å²) in [5.74, 6) is 0.298. The summed E-state index contributed by atoms with van der Waals surface area (Å²) < 4.78 is 14.1. The molecule has 3 aromatic rings. The molecule has 1 amide bonds. The summed E-state index contributed by atoms with van der Waals surface area (Å²) in [5, 5.41) is 0.882. The Balaban J connectivity index is 1.61. The first-order valence-electron chi connectivity index (χ1n) is 10.5. The fourth-order valence-corrected chi connectivity index (χ4v) is 4.55. The van der Waals surface area contributed by atoms with Crippen LogP contribution in [0.5, 0.6) is 0 Å². The normalized spacial score (nSPS) is 13.5. The van der Waals surface area contributed by atoms with E-state index in [1.807, 2.05) is 17.9 Å². The minimum Gasteiger partial charge on any atom is -0.337 e. The Labute approximate surface area is 181 Å². The highest BCUT2D eigenvalue weighted by Gasteiger charge is 2.30. The molecule has 30 heavy (non-hydrogen) atoms. The Hall–Kier alpha value is -2.53. The molecule has 0 bridgehead atoms. The molecule has 0 unspecified atom stereocenters. The summed E-state index contributed by atoms with van der Waals surface area (Å²) in [6.07, 6.45) is 2.82. The summed E-state index contributed by atoms with van der Waals surface area (Å²) in [4.78, 5) is 21.0. The number of carbonyl (C=O) groups is 1. The lowest BCUT2D eigenvalue weighted by Crippen LogP contribution is -2.35. The van der Waals surface area contributed by atoms with Crippen molar-refractivity contribution in [3.8, 4) is 10.4 Å². The summed E-state index contributed by atoms with van der Waals surface area (Å²) in [7, 11) is 0. The number of rotatable bonds is 7. The Bertz CT molecular complexity index is 1070. The van der Waals surface area contributed by atoms with E-state index >= 15 is 0 Å². The number of carbonyl (C=O) groups excluding carboxylic acids is 1. The van der Waals surface area contributed by atoms with Gasteiger partial charge in [-0.25, -0.2) is 9.37 Å². The predicted molar refractivity (Wildman–Crippen MR) is 120 cm³/mol. The summed E-state index contributed by atoms with van der Waals surface area (Å²) >= 11 is 1.56. The first kappa shape index (κ1) is 20.7. The number of thiazole rings is 1. The molecule has 0 radical (unpaired) electrons. The summed E-state index contributed by atoms with van der Waals surface area (Å²) in [6, 6.07) is 13.1. The van der Waals surface area contributed by atoms with Gasteiger partial charge in [-0.05, 0) is 74.3 Å². The molecule has 0 atom stereocenters. The molecule has 3 nitrogen and oxygen atoms in total. The highest BCUT2D eigenvalue weighted by atomic mass is 32.1.